The zero-order chi connectivity index (χ0) is 22.3. The Bertz CT molecular complexity index is 600. The van der Waals surface area contributed by atoms with Gasteiger partial charge in [-0.15, -0.1) is 0 Å². The smallest absolute Gasteiger partial charge is 0.320 e. The monoisotopic (exact) mass is 403 g/mol. The van der Waals surface area contributed by atoms with Crippen LogP contribution in [0.5, 0.6) is 0 Å². The third kappa shape index (κ3) is 17.4. The lowest BCUT2D eigenvalue weighted by Crippen LogP contribution is -2.37. The first-order valence-electron chi connectivity index (χ1n) is 8.02. The van der Waals surface area contributed by atoms with Crippen LogP contribution in [0.4, 0.5) is 0 Å². The fraction of sp³-hybridized carbons (Fsp3) is 0.571. The van der Waals surface area contributed by atoms with Crippen molar-refractivity contribution in [2.24, 2.45) is 32.9 Å². The molecule has 1 atom stereocenters. The van der Waals surface area contributed by atoms with Crippen LogP contribution in [0.2, 0.25) is 0 Å². The van der Waals surface area contributed by atoms with E-state index < -0.39 is 23.9 Å². The van der Waals surface area contributed by atoms with Crippen molar-refractivity contribution in [3.63, 3.8) is 0 Å². The molecule has 0 aliphatic rings. The molecule has 0 radical (unpaired) electrons. The molecule has 0 fully saturated rings. The summed E-state index contributed by atoms with van der Waals surface area (Å²) in [6.45, 7) is 0.228. The topological polar surface area (TPSA) is 260 Å². The van der Waals surface area contributed by atoms with Crippen molar-refractivity contribution < 1.29 is 24.6 Å². The molecule has 12 N–H and O–H groups in total. The number of hydrogen-bond acceptors (Lipinski definition) is 6. The Morgan fingerprint density at radius 2 is 1.71 bits per heavy atom. The lowest BCUT2D eigenvalue weighted by molar-refractivity contribution is -0.139. The van der Waals surface area contributed by atoms with E-state index in [0.29, 0.717) is 6.42 Å². The normalized spacial score (nSPS) is 11.3. The van der Waals surface area contributed by atoms with E-state index in [1.165, 1.54) is 4.90 Å². The van der Waals surface area contributed by atoms with E-state index in [0.717, 1.165) is 0 Å². The van der Waals surface area contributed by atoms with Gasteiger partial charge in [-0.2, -0.15) is 4.99 Å². The van der Waals surface area contributed by atoms with E-state index in [-0.39, 0.29) is 43.7 Å². The maximum atomic E-state index is 11.2. The highest BCUT2D eigenvalue weighted by Crippen LogP contribution is 1.95. The first-order valence-corrected chi connectivity index (χ1v) is 8.02. The van der Waals surface area contributed by atoms with Crippen LogP contribution < -0.4 is 28.3 Å². The Labute approximate surface area is 162 Å². The fourth-order valence-electron chi connectivity index (χ4n) is 1.32. The highest BCUT2D eigenvalue weighted by molar-refractivity contribution is 5.96. The number of carboxylic acids is 2. The predicted octanol–water partition coefficient (Wildman–Crippen LogP) is -2.77. The molecule has 1 amide bonds. The average Bonchev–Trinajstić information content (AvgIpc) is 2.56. The van der Waals surface area contributed by atoms with Crippen molar-refractivity contribution in [1.29, 1.82) is 5.41 Å². The van der Waals surface area contributed by atoms with Gasteiger partial charge in [-0.1, -0.05) is 0 Å². The van der Waals surface area contributed by atoms with Crippen molar-refractivity contribution in [2.45, 2.75) is 31.7 Å². The standard InChI is InChI=1S/C10H18N4O5.C4H11N5/c11-6(9(18)19)2-1-5-13-10(12)14-7(15)3-4-8(16)17;1-9(2)4(7)8-3(5)6/h6H,1-5,11H2,(H,16,17)(H,18,19)(H3,12,13,14,15);1-2H3,(H5,5,6,7,8)/t6-;/m1./s1. The zero-order valence-electron chi connectivity index (χ0n) is 15.9. The van der Waals surface area contributed by atoms with Gasteiger partial charge in [0.05, 0.1) is 6.42 Å². The number of carboxylic acid groups (broad SMARTS) is 2. The third-order valence-corrected chi connectivity index (χ3v) is 2.76. The Morgan fingerprint density at radius 3 is 2.11 bits per heavy atom. The summed E-state index contributed by atoms with van der Waals surface area (Å²) < 4.78 is 0. The van der Waals surface area contributed by atoms with E-state index in [4.69, 9.17) is 38.6 Å². The summed E-state index contributed by atoms with van der Waals surface area (Å²) in [5.74, 6) is -2.86. The Kier molecular flexibility index (Phi) is 14.1. The summed E-state index contributed by atoms with van der Waals surface area (Å²) in [5, 5.41) is 26.2. The number of amides is 1. The number of guanidine groups is 3. The van der Waals surface area contributed by atoms with Crippen LogP contribution in [-0.2, 0) is 14.4 Å². The van der Waals surface area contributed by atoms with Crippen LogP contribution in [0.15, 0.2) is 9.98 Å². The molecule has 14 nitrogen and oxygen atoms in total. The van der Waals surface area contributed by atoms with E-state index in [1.54, 1.807) is 14.1 Å². The summed E-state index contributed by atoms with van der Waals surface area (Å²) in [5.41, 5.74) is 20.6. The van der Waals surface area contributed by atoms with Gasteiger partial charge < -0.3 is 38.0 Å². The molecule has 0 spiro atoms. The molecule has 0 bridgehead atoms. The van der Waals surface area contributed by atoms with Crippen LogP contribution >= 0.6 is 0 Å². The van der Waals surface area contributed by atoms with Crippen LogP contribution in [0, 0.1) is 5.41 Å². The lowest BCUT2D eigenvalue weighted by Gasteiger charge is -2.07. The van der Waals surface area contributed by atoms with Crippen molar-refractivity contribution in [1.82, 2.24) is 10.2 Å². The Hall–Kier alpha value is -3.42. The molecule has 0 aromatic rings. The summed E-state index contributed by atoms with van der Waals surface area (Å²) in [6, 6.07) is -0.943. The maximum absolute atomic E-state index is 11.2. The summed E-state index contributed by atoms with van der Waals surface area (Å²) >= 11 is 0. The molecule has 0 aromatic carbocycles. The van der Waals surface area contributed by atoms with Gasteiger partial charge >= 0.3 is 11.9 Å². The van der Waals surface area contributed by atoms with E-state index in [2.05, 4.69) is 15.3 Å². The van der Waals surface area contributed by atoms with Gasteiger partial charge in [-0.3, -0.25) is 30.1 Å². The molecule has 160 valence electrons. The first kappa shape index (κ1) is 26.8. The number of hydrogen-bond donors (Lipinski definition) is 8. The van der Waals surface area contributed by atoms with Gasteiger partial charge in [0.15, 0.2) is 11.9 Å². The van der Waals surface area contributed by atoms with Crippen molar-refractivity contribution >= 4 is 35.7 Å². The molecule has 0 unspecified atom stereocenters. The minimum Gasteiger partial charge on any atom is -0.481 e. The molecule has 0 saturated carbocycles. The van der Waals surface area contributed by atoms with Gasteiger partial charge in [0, 0.05) is 27.1 Å². The molecule has 0 aliphatic carbocycles. The van der Waals surface area contributed by atoms with Gasteiger partial charge in [-0.25, -0.2) is 0 Å². The van der Waals surface area contributed by atoms with Crippen molar-refractivity contribution in [2.75, 3.05) is 20.6 Å². The lowest BCUT2D eigenvalue weighted by atomic mass is 10.2. The summed E-state index contributed by atoms with van der Waals surface area (Å²) in [6.07, 6.45) is 0.195. The van der Waals surface area contributed by atoms with Crippen LogP contribution in [-0.4, -0.2) is 77.5 Å². The fourth-order valence-corrected chi connectivity index (χ4v) is 1.32. The quantitative estimate of drug-likeness (QED) is 0.117. The molecule has 28 heavy (non-hydrogen) atoms. The van der Waals surface area contributed by atoms with Gasteiger partial charge in [0.2, 0.25) is 11.9 Å². The molecule has 0 saturated heterocycles. The molecule has 0 aromatic heterocycles. The molecule has 0 heterocycles. The minimum atomic E-state index is -1.08. The average molecular weight is 403 g/mol. The second kappa shape index (κ2) is 14.7. The number of aliphatic carboxylic acids is 2. The summed E-state index contributed by atoms with van der Waals surface area (Å²) in [7, 11) is 3.38. The van der Waals surface area contributed by atoms with Crippen LogP contribution in [0.25, 0.3) is 0 Å². The highest BCUT2D eigenvalue weighted by atomic mass is 16.4. The predicted molar refractivity (Wildman–Crippen MR) is 104 cm³/mol. The number of nitrogens with zero attached hydrogens (tertiary/aromatic N) is 3. The van der Waals surface area contributed by atoms with E-state index in [9.17, 15) is 14.4 Å². The SMILES string of the molecule is CN(C)C(=N)N=C(N)N.NC(=NCCC[C@@H](N)C(=O)O)NC(=O)CCC(=O)O. The Balaban J connectivity index is 0. The molecule has 0 aliphatic heterocycles. The van der Waals surface area contributed by atoms with Gasteiger partial charge in [0.25, 0.3) is 0 Å². The molecule has 14 heteroatoms. The number of nitrogens with two attached hydrogens (primary N) is 4. The molecular weight excluding hydrogens is 374 g/mol. The van der Waals surface area contributed by atoms with Gasteiger partial charge in [-0.05, 0) is 12.8 Å². The van der Waals surface area contributed by atoms with Crippen molar-refractivity contribution in [3.8, 4) is 0 Å². The number of aliphatic imine (C=N–C) groups is 2. The molecular formula is C14H29N9O5. The zero-order valence-corrected chi connectivity index (χ0v) is 15.9. The largest absolute Gasteiger partial charge is 0.481 e. The third-order valence-electron chi connectivity index (χ3n) is 2.76. The van der Waals surface area contributed by atoms with Crippen LogP contribution in [0.3, 0.4) is 0 Å². The van der Waals surface area contributed by atoms with Crippen molar-refractivity contribution in [3.05, 3.63) is 0 Å². The maximum Gasteiger partial charge on any atom is 0.320 e. The van der Waals surface area contributed by atoms with E-state index in [1.807, 2.05) is 0 Å². The molecule has 0 rings (SSSR count). The second-order valence-electron chi connectivity index (χ2n) is 5.55. The number of rotatable bonds is 8. The highest BCUT2D eigenvalue weighted by Gasteiger charge is 2.10. The number of carbonyl (C=O) groups is 3. The van der Waals surface area contributed by atoms with Crippen LogP contribution in [0.1, 0.15) is 25.7 Å². The van der Waals surface area contributed by atoms with E-state index >= 15 is 0 Å². The number of carbonyl (C=O) groups excluding carboxylic acids is 1. The first-order chi connectivity index (χ1) is 12.9. The Morgan fingerprint density at radius 1 is 1.14 bits per heavy atom. The second-order valence-corrected chi connectivity index (χ2v) is 5.55. The number of nitrogens with one attached hydrogen (secondary N) is 2. The minimum absolute atomic E-state index is 0.0509. The van der Waals surface area contributed by atoms with Gasteiger partial charge in [0.1, 0.15) is 6.04 Å². The summed E-state index contributed by atoms with van der Waals surface area (Å²) in [4.78, 5) is 40.5.